The molecule has 1 aromatic carbocycles. The number of hydrogen-bond acceptors (Lipinski definition) is 5. The number of benzene rings is 1. The van der Waals surface area contributed by atoms with Crippen molar-refractivity contribution in [1.82, 2.24) is 0 Å². The second-order valence-corrected chi connectivity index (χ2v) is 3.90. The van der Waals surface area contributed by atoms with Crippen molar-refractivity contribution in [2.75, 3.05) is 46.2 Å². The number of aliphatic hydroxyl groups excluding tert-OH is 2. The first-order chi connectivity index (χ1) is 9.38. The summed E-state index contributed by atoms with van der Waals surface area (Å²) in [5, 5.41) is 17.4. The van der Waals surface area contributed by atoms with E-state index in [1.54, 1.807) is 0 Å². The van der Waals surface area contributed by atoms with Crippen LogP contribution >= 0.6 is 0 Å². The predicted octanol–water partition coefficient (Wildman–Crippen LogP) is 0.762. The van der Waals surface area contributed by atoms with Crippen molar-refractivity contribution in [1.29, 1.82) is 0 Å². The van der Waals surface area contributed by atoms with Crippen molar-refractivity contribution >= 4 is 0 Å². The van der Waals surface area contributed by atoms with Crippen molar-refractivity contribution in [2.45, 2.75) is 6.10 Å². The lowest BCUT2D eigenvalue weighted by atomic mass is 10.1. The average Bonchev–Trinajstić information content (AvgIpc) is 2.46. The van der Waals surface area contributed by atoms with E-state index in [2.05, 4.69) is 0 Å². The van der Waals surface area contributed by atoms with Gasteiger partial charge in [0, 0.05) is 0 Å². The molecule has 5 heteroatoms. The number of rotatable bonds is 11. The van der Waals surface area contributed by atoms with E-state index in [0.717, 1.165) is 5.56 Å². The highest BCUT2D eigenvalue weighted by molar-refractivity contribution is 5.17. The van der Waals surface area contributed by atoms with E-state index in [1.807, 2.05) is 30.3 Å². The predicted molar refractivity (Wildman–Crippen MR) is 70.9 cm³/mol. The second kappa shape index (κ2) is 10.9. The Labute approximate surface area is 113 Å². The molecule has 1 unspecified atom stereocenters. The normalized spacial score (nSPS) is 12.5. The van der Waals surface area contributed by atoms with Crippen molar-refractivity contribution in [3.8, 4) is 0 Å². The zero-order valence-corrected chi connectivity index (χ0v) is 11.0. The van der Waals surface area contributed by atoms with E-state index < -0.39 is 0 Å². The molecule has 5 nitrogen and oxygen atoms in total. The van der Waals surface area contributed by atoms with Crippen LogP contribution in [0.3, 0.4) is 0 Å². The van der Waals surface area contributed by atoms with Crippen molar-refractivity contribution in [3.05, 3.63) is 35.9 Å². The molecule has 1 atom stereocenters. The summed E-state index contributed by atoms with van der Waals surface area (Å²) in [4.78, 5) is 0. The van der Waals surface area contributed by atoms with Crippen LogP contribution in [0.4, 0.5) is 0 Å². The maximum Gasteiger partial charge on any atom is 0.106 e. The van der Waals surface area contributed by atoms with Crippen LogP contribution in [0.5, 0.6) is 0 Å². The molecule has 2 N–H and O–H groups in total. The Morgan fingerprint density at radius 2 is 1.53 bits per heavy atom. The third-order valence-electron chi connectivity index (χ3n) is 2.46. The molecule has 0 amide bonds. The fourth-order valence-corrected chi connectivity index (χ4v) is 1.58. The topological polar surface area (TPSA) is 68.2 Å². The summed E-state index contributed by atoms with van der Waals surface area (Å²) in [6, 6.07) is 9.75. The summed E-state index contributed by atoms with van der Waals surface area (Å²) >= 11 is 0. The molecule has 0 aliphatic rings. The molecule has 0 fully saturated rings. The molecule has 0 aliphatic heterocycles. The fourth-order valence-electron chi connectivity index (χ4n) is 1.58. The molecule has 0 heterocycles. The van der Waals surface area contributed by atoms with Crippen LogP contribution in [0.1, 0.15) is 11.7 Å². The maximum atomic E-state index is 8.82. The van der Waals surface area contributed by atoms with Gasteiger partial charge in [-0.15, -0.1) is 0 Å². The van der Waals surface area contributed by atoms with Crippen LogP contribution in [0.2, 0.25) is 0 Å². The molecular weight excluding hydrogens is 248 g/mol. The van der Waals surface area contributed by atoms with Crippen LogP contribution in [-0.2, 0) is 14.2 Å². The van der Waals surface area contributed by atoms with Gasteiger partial charge in [-0.25, -0.2) is 0 Å². The molecule has 0 spiro atoms. The molecule has 0 bridgehead atoms. The van der Waals surface area contributed by atoms with Crippen molar-refractivity contribution in [2.24, 2.45) is 0 Å². The zero-order chi connectivity index (χ0) is 13.8. The Morgan fingerprint density at radius 1 is 0.842 bits per heavy atom. The van der Waals surface area contributed by atoms with Gasteiger partial charge in [0.15, 0.2) is 0 Å². The minimum absolute atomic E-state index is 0.0110. The van der Waals surface area contributed by atoms with Gasteiger partial charge in [0.25, 0.3) is 0 Å². The van der Waals surface area contributed by atoms with Gasteiger partial charge in [-0.1, -0.05) is 30.3 Å². The van der Waals surface area contributed by atoms with E-state index in [1.165, 1.54) is 0 Å². The average molecular weight is 270 g/mol. The van der Waals surface area contributed by atoms with E-state index in [9.17, 15) is 0 Å². The summed E-state index contributed by atoms with van der Waals surface area (Å²) in [7, 11) is 0. The lowest BCUT2D eigenvalue weighted by molar-refractivity contribution is -0.0426. The van der Waals surface area contributed by atoms with Crippen LogP contribution < -0.4 is 0 Å². The molecule has 1 rings (SSSR count). The molecule has 108 valence electrons. The Hall–Kier alpha value is -0.980. The molecule has 0 aromatic heterocycles. The van der Waals surface area contributed by atoms with E-state index in [0.29, 0.717) is 26.4 Å². The van der Waals surface area contributed by atoms with Crippen molar-refractivity contribution in [3.63, 3.8) is 0 Å². The summed E-state index contributed by atoms with van der Waals surface area (Å²) < 4.78 is 16.1. The van der Waals surface area contributed by atoms with E-state index >= 15 is 0 Å². The minimum atomic E-state index is -0.189. The largest absolute Gasteiger partial charge is 0.394 e. The fraction of sp³-hybridized carbons (Fsp3) is 0.571. The lowest BCUT2D eigenvalue weighted by Gasteiger charge is -2.18. The van der Waals surface area contributed by atoms with E-state index in [4.69, 9.17) is 24.4 Å². The second-order valence-electron chi connectivity index (χ2n) is 3.90. The molecule has 0 aliphatic carbocycles. The highest BCUT2D eigenvalue weighted by Gasteiger charge is 2.11. The van der Waals surface area contributed by atoms with Gasteiger partial charge in [-0.05, 0) is 5.56 Å². The quantitative estimate of drug-likeness (QED) is 0.581. The summed E-state index contributed by atoms with van der Waals surface area (Å²) in [6.07, 6.45) is -0.189. The van der Waals surface area contributed by atoms with Crippen molar-refractivity contribution < 1.29 is 24.4 Å². The standard InChI is InChI=1S/C14H22O5/c15-6-8-17-10-11-18-12-14(19-9-7-16)13-4-2-1-3-5-13/h1-5,14-16H,6-12H2. The third kappa shape index (κ3) is 7.25. The van der Waals surface area contributed by atoms with E-state index in [-0.39, 0.29) is 25.9 Å². The Bertz CT molecular complexity index is 304. The minimum Gasteiger partial charge on any atom is -0.394 e. The van der Waals surface area contributed by atoms with Gasteiger partial charge in [0.2, 0.25) is 0 Å². The number of hydrogen-bond donors (Lipinski definition) is 2. The molecule has 19 heavy (non-hydrogen) atoms. The van der Waals surface area contributed by atoms with Gasteiger partial charge in [0.05, 0.1) is 46.2 Å². The SMILES string of the molecule is OCCOCCOCC(OCCO)c1ccccc1. The van der Waals surface area contributed by atoms with Crippen LogP contribution in [-0.4, -0.2) is 56.5 Å². The molecule has 0 saturated carbocycles. The molecule has 1 aromatic rings. The first kappa shape index (κ1) is 16.1. The lowest BCUT2D eigenvalue weighted by Crippen LogP contribution is -2.16. The summed E-state index contributed by atoms with van der Waals surface area (Å²) in [6.45, 7) is 1.92. The van der Waals surface area contributed by atoms with Gasteiger partial charge in [-0.3, -0.25) is 0 Å². The van der Waals surface area contributed by atoms with Gasteiger partial charge < -0.3 is 24.4 Å². The Morgan fingerprint density at radius 3 is 2.21 bits per heavy atom. The summed E-state index contributed by atoms with van der Waals surface area (Å²) in [5.41, 5.74) is 1.02. The van der Waals surface area contributed by atoms with Gasteiger partial charge >= 0.3 is 0 Å². The first-order valence-electron chi connectivity index (χ1n) is 6.42. The maximum absolute atomic E-state index is 8.82. The first-order valence-corrected chi connectivity index (χ1v) is 6.42. The molecular formula is C14H22O5. The Kier molecular flexibility index (Phi) is 9.22. The molecule has 0 radical (unpaired) electrons. The summed E-state index contributed by atoms with van der Waals surface area (Å²) in [5.74, 6) is 0. The monoisotopic (exact) mass is 270 g/mol. The van der Waals surface area contributed by atoms with Crippen LogP contribution in [0, 0.1) is 0 Å². The van der Waals surface area contributed by atoms with Gasteiger partial charge in [0.1, 0.15) is 6.10 Å². The van der Waals surface area contributed by atoms with Crippen LogP contribution in [0.25, 0.3) is 0 Å². The smallest absolute Gasteiger partial charge is 0.106 e. The highest BCUT2D eigenvalue weighted by Crippen LogP contribution is 2.17. The third-order valence-corrected chi connectivity index (χ3v) is 2.46. The van der Waals surface area contributed by atoms with Gasteiger partial charge in [-0.2, -0.15) is 0 Å². The highest BCUT2D eigenvalue weighted by atomic mass is 16.6. The Balaban J connectivity index is 2.30. The zero-order valence-electron chi connectivity index (χ0n) is 11.0. The molecule has 0 saturated heterocycles. The van der Waals surface area contributed by atoms with Crippen LogP contribution in [0.15, 0.2) is 30.3 Å². The number of aliphatic hydroxyl groups is 2. The number of ether oxygens (including phenoxy) is 3.